The number of hydrogen-bond acceptors (Lipinski definition) is 3. The van der Waals surface area contributed by atoms with Gasteiger partial charge in [0.25, 0.3) is 0 Å². The van der Waals surface area contributed by atoms with Gasteiger partial charge in [0, 0.05) is 18.8 Å². The molecule has 2 nitrogen and oxygen atoms in total. The van der Waals surface area contributed by atoms with Crippen molar-refractivity contribution in [2.45, 2.75) is 12.7 Å². The van der Waals surface area contributed by atoms with Crippen molar-refractivity contribution in [3.05, 3.63) is 36.3 Å². The van der Waals surface area contributed by atoms with Gasteiger partial charge in [-0.1, -0.05) is 6.08 Å². The SMILES string of the molecule is C=CCNCCSCc1occc1C. The largest absolute Gasteiger partial charge is 0.468 e. The van der Waals surface area contributed by atoms with Crippen LogP contribution < -0.4 is 5.32 Å². The van der Waals surface area contributed by atoms with Crippen LogP contribution in [0, 0.1) is 6.92 Å². The Kier molecular flexibility index (Phi) is 5.49. The Morgan fingerprint density at radius 2 is 2.50 bits per heavy atom. The molecule has 0 saturated carbocycles. The monoisotopic (exact) mass is 211 g/mol. The molecule has 1 heterocycles. The first-order valence-electron chi connectivity index (χ1n) is 4.77. The Morgan fingerprint density at radius 3 is 3.14 bits per heavy atom. The van der Waals surface area contributed by atoms with Crippen LogP contribution in [-0.4, -0.2) is 18.8 Å². The van der Waals surface area contributed by atoms with Gasteiger partial charge in [-0.2, -0.15) is 11.8 Å². The molecule has 14 heavy (non-hydrogen) atoms. The Labute approximate surface area is 89.8 Å². The molecule has 1 aromatic rings. The molecule has 0 amide bonds. The number of rotatable bonds is 7. The van der Waals surface area contributed by atoms with Gasteiger partial charge < -0.3 is 9.73 Å². The highest BCUT2D eigenvalue weighted by molar-refractivity contribution is 7.98. The Hall–Kier alpha value is -0.670. The van der Waals surface area contributed by atoms with E-state index in [0.29, 0.717) is 0 Å². The summed E-state index contributed by atoms with van der Waals surface area (Å²) in [6.45, 7) is 7.64. The van der Waals surface area contributed by atoms with E-state index in [9.17, 15) is 0 Å². The molecule has 0 radical (unpaired) electrons. The van der Waals surface area contributed by atoms with Crippen molar-refractivity contribution in [2.24, 2.45) is 0 Å². The maximum atomic E-state index is 5.33. The molecule has 1 aromatic heterocycles. The highest BCUT2D eigenvalue weighted by Crippen LogP contribution is 2.16. The zero-order valence-electron chi connectivity index (χ0n) is 8.58. The number of thioether (sulfide) groups is 1. The minimum absolute atomic E-state index is 0.889. The number of hydrogen-bond donors (Lipinski definition) is 1. The predicted octanol–water partition coefficient (Wildman–Crippen LogP) is 2.60. The van der Waals surface area contributed by atoms with Crippen molar-refractivity contribution in [3.63, 3.8) is 0 Å². The third-order valence-electron chi connectivity index (χ3n) is 1.91. The first-order chi connectivity index (χ1) is 6.84. The fourth-order valence-electron chi connectivity index (χ4n) is 1.07. The minimum Gasteiger partial charge on any atom is -0.468 e. The maximum absolute atomic E-state index is 5.33. The molecular weight excluding hydrogens is 194 g/mol. The van der Waals surface area contributed by atoms with Crippen molar-refractivity contribution in [3.8, 4) is 0 Å². The van der Waals surface area contributed by atoms with E-state index in [4.69, 9.17) is 4.42 Å². The Morgan fingerprint density at radius 1 is 1.64 bits per heavy atom. The van der Waals surface area contributed by atoms with E-state index in [0.717, 1.165) is 30.4 Å². The summed E-state index contributed by atoms with van der Waals surface area (Å²) in [6, 6.07) is 2.01. The maximum Gasteiger partial charge on any atom is 0.116 e. The van der Waals surface area contributed by atoms with Crippen LogP contribution in [0.15, 0.2) is 29.4 Å². The average Bonchev–Trinajstić information content (AvgIpc) is 2.58. The molecule has 0 aliphatic carbocycles. The zero-order valence-corrected chi connectivity index (χ0v) is 9.40. The first-order valence-corrected chi connectivity index (χ1v) is 5.92. The van der Waals surface area contributed by atoms with Crippen LogP contribution in [-0.2, 0) is 5.75 Å². The van der Waals surface area contributed by atoms with Gasteiger partial charge >= 0.3 is 0 Å². The van der Waals surface area contributed by atoms with Crippen LogP contribution in [0.2, 0.25) is 0 Å². The first kappa shape index (κ1) is 11.4. The van der Waals surface area contributed by atoms with Crippen LogP contribution in [0.25, 0.3) is 0 Å². The molecule has 0 spiro atoms. The summed E-state index contributed by atoms with van der Waals surface area (Å²) in [5.74, 6) is 3.17. The topological polar surface area (TPSA) is 25.2 Å². The molecule has 0 aromatic carbocycles. The number of aryl methyl sites for hydroxylation is 1. The van der Waals surface area contributed by atoms with Crippen LogP contribution in [0.3, 0.4) is 0 Å². The van der Waals surface area contributed by atoms with Gasteiger partial charge in [-0.15, -0.1) is 6.58 Å². The van der Waals surface area contributed by atoms with Gasteiger partial charge in [0.1, 0.15) is 5.76 Å². The second-order valence-electron chi connectivity index (χ2n) is 3.07. The van der Waals surface area contributed by atoms with Gasteiger partial charge in [0.05, 0.1) is 12.0 Å². The minimum atomic E-state index is 0.889. The quantitative estimate of drug-likeness (QED) is 0.554. The summed E-state index contributed by atoms with van der Waals surface area (Å²) >= 11 is 1.89. The average molecular weight is 211 g/mol. The molecule has 1 rings (SSSR count). The molecule has 0 atom stereocenters. The molecule has 3 heteroatoms. The lowest BCUT2D eigenvalue weighted by atomic mass is 10.3. The molecule has 0 aliphatic rings. The number of nitrogens with one attached hydrogen (secondary N) is 1. The summed E-state index contributed by atoms with van der Waals surface area (Å²) in [4.78, 5) is 0. The molecule has 1 N–H and O–H groups in total. The van der Waals surface area contributed by atoms with Crippen LogP contribution in [0.1, 0.15) is 11.3 Å². The molecule has 0 saturated heterocycles. The van der Waals surface area contributed by atoms with Gasteiger partial charge in [-0.3, -0.25) is 0 Å². The molecule has 0 fully saturated rings. The molecule has 0 unspecified atom stereocenters. The molecule has 78 valence electrons. The molecular formula is C11H17NOS. The number of furan rings is 1. The lowest BCUT2D eigenvalue weighted by molar-refractivity contribution is 0.528. The second kappa shape index (κ2) is 6.74. The standard InChI is InChI=1S/C11H17NOS/c1-3-5-12-6-8-14-9-11-10(2)4-7-13-11/h3-4,7,12H,1,5-6,8-9H2,2H3. The van der Waals surface area contributed by atoms with E-state index in [1.807, 2.05) is 23.9 Å². The molecule has 0 bridgehead atoms. The van der Waals surface area contributed by atoms with E-state index in [1.54, 1.807) is 6.26 Å². The van der Waals surface area contributed by atoms with Gasteiger partial charge in [0.15, 0.2) is 0 Å². The summed E-state index contributed by atoms with van der Waals surface area (Å²) in [5, 5.41) is 3.26. The van der Waals surface area contributed by atoms with E-state index in [1.165, 1.54) is 5.56 Å². The summed E-state index contributed by atoms with van der Waals surface area (Å²) in [5.41, 5.74) is 1.25. The summed E-state index contributed by atoms with van der Waals surface area (Å²) in [6.07, 6.45) is 3.63. The lowest BCUT2D eigenvalue weighted by Gasteiger charge is -2.01. The van der Waals surface area contributed by atoms with Gasteiger partial charge in [-0.05, 0) is 18.6 Å². The van der Waals surface area contributed by atoms with Crippen LogP contribution in [0.4, 0.5) is 0 Å². The third-order valence-corrected chi connectivity index (χ3v) is 2.87. The Bertz CT molecular complexity index is 270. The lowest BCUT2D eigenvalue weighted by Crippen LogP contribution is -2.16. The fraction of sp³-hybridized carbons (Fsp3) is 0.455. The van der Waals surface area contributed by atoms with Crippen molar-refractivity contribution < 1.29 is 4.42 Å². The fourth-order valence-corrected chi connectivity index (χ4v) is 1.98. The van der Waals surface area contributed by atoms with E-state index < -0.39 is 0 Å². The highest BCUT2D eigenvalue weighted by atomic mass is 32.2. The normalized spacial score (nSPS) is 10.4. The zero-order chi connectivity index (χ0) is 10.2. The third kappa shape index (κ3) is 4.03. The van der Waals surface area contributed by atoms with Gasteiger partial charge in [-0.25, -0.2) is 0 Å². The van der Waals surface area contributed by atoms with Crippen LogP contribution in [0.5, 0.6) is 0 Å². The van der Waals surface area contributed by atoms with Crippen molar-refractivity contribution in [1.29, 1.82) is 0 Å². The predicted molar refractivity (Wildman–Crippen MR) is 62.7 cm³/mol. The van der Waals surface area contributed by atoms with Crippen LogP contribution >= 0.6 is 11.8 Å². The van der Waals surface area contributed by atoms with E-state index in [2.05, 4.69) is 18.8 Å². The summed E-state index contributed by atoms with van der Waals surface area (Å²) in [7, 11) is 0. The van der Waals surface area contributed by atoms with E-state index in [-0.39, 0.29) is 0 Å². The van der Waals surface area contributed by atoms with Crippen molar-refractivity contribution >= 4 is 11.8 Å². The van der Waals surface area contributed by atoms with Crippen molar-refractivity contribution in [2.75, 3.05) is 18.8 Å². The Balaban J connectivity index is 2.04. The van der Waals surface area contributed by atoms with Gasteiger partial charge in [0.2, 0.25) is 0 Å². The highest BCUT2D eigenvalue weighted by Gasteiger charge is 2.00. The molecule has 0 aliphatic heterocycles. The van der Waals surface area contributed by atoms with E-state index >= 15 is 0 Å². The second-order valence-corrected chi connectivity index (χ2v) is 4.18. The summed E-state index contributed by atoms with van der Waals surface area (Å²) < 4.78 is 5.33. The van der Waals surface area contributed by atoms with Crippen molar-refractivity contribution in [1.82, 2.24) is 5.32 Å². The smallest absolute Gasteiger partial charge is 0.116 e.